The number of anilines is 1. The van der Waals surface area contributed by atoms with Crippen molar-refractivity contribution in [3.8, 4) is 0 Å². The normalized spacial score (nSPS) is 13.4. The highest BCUT2D eigenvalue weighted by Crippen LogP contribution is 2.38. The molecule has 29 heavy (non-hydrogen) atoms. The third-order valence-electron chi connectivity index (χ3n) is 4.84. The number of aliphatic carboxylic acids is 1. The lowest BCUT2D eigenvalue weighted by atomic mass is 9.89. The third-order valence-corrected chi connectivity index (χ3v) is 4.84. The van der Waals surface area contributed by atoms with Crippen LogP contribution in [0.4, 0.5) is 14.9 Å². The molecule has 0 fully saturated rings. The number of carbonyl (C=O) groups excluding carboxylic acids is 2. The number of allylic oxidation sites excluding steroid dienone is 2. The van der Waals surface area contributed by atoms with E-state index in [1.807, 2.05) is 6.08 Å². The maximum atomic E-state index is 13.1. The van der Waals surface area contributed by atoms with E-state index >= 15 is 0 Å². The Morgan fingerprint density at radius 3 is 2.59 bits per heavy atom. The molecular formula is C21H25FN2O5. The fourth-order valence-corrected chi connectivity index (χ4v) is 3.17. The zero-order valence-corrected chi connectivity index (χ0v) is 17.0. The summed E-state index contributed by atoms with van der Waals surface area (Å²) in [6, 6.07) is -0.432. The number of hydrogen-bond acceptors (Lipinski definition) is 4. The van der Waals surface area contributed by atoms with Crippen LogP contribution in [0, 0.1) is 6.92 Å². The topological polar surface area (TPSA) is 95.9 Å². The minimum atomic E-state index is -0.895. The van der Waals surface area contributed by atoms with Crippen molar-refractivity contribution in [1.29, 1.82) is 0 Å². The number of nitrogens with one attached hydrogen (secondary N) is 1. The van der Waals surface area contributed by atoms with E-state index in [2.05, 4.69) is 5.32 Å². The molecule has 7 nitrogen and oxygen atoms in total. The molecule has 2 N–H and O–H groups in total. The Hall–Kier alpha value is -3.16. The first-order valence-corrected chi connectivity index (χ1v) is 9.15. The van der Waals surface area contributed by atoms with Crippen LogP contribution in [0.2, 0.25) is 0 Å². The smallest absolute Gasteiger partial charge is 0.341 e. The van der Waals surface area contributed by atoms with E-state index in [4.69, 9.17) is 9.84 Å². The Bertz CT molecular complexity index is 903. The van der Waals surface area contributed by atoms with Crippen molar-refractivity contribution in [1.82, 2.24) is 4.90 Å². The summed E-state index contributed by atoms with van der Waals surface area (Å²) in [6.45, 7) is 3.64. The molecule has 1 aromatic rings. The molecule has 8 heteroatoms. The Morgan fingerprint density at radius 1 is 1.31 bits per heavy atom. The average molecular weight is 404 g/mol. The predicted octanol–water partition coefficient (Wildman–Crippen LogP) is 4.05. The Balaban J connectivity index is 2.61. The molecule has 0 bridgehead atoms. The number of nitrogens with zero attached hydrogens (tertiary/aromatic N) is 1. The maximum Gasteiger partial charge on any atom is 0.341 e. The number of esters is 1. The molecule has 1 aromatic carbocycles. The van der Waals surface area contributed by atoms with Crippen LogP contribution in [-0.4, -0.2) is 42.1 Å². The lowest BCUT2D eigenvalue weighted by molar-refractivity contribution is -0.136. The van der Waals surface area contributed by atoms with Crippen LogP contribution in [-0.2, 0) is 22.6 Å². The lowest BCUT2D eigenvalue weighted by Gasteiger charge is -2.21. The van der Waals surface area contributed by atoms with Crippen molar-refractivity contribution in [2.45, 2.75) is 39.7 Å². The van der Waals surface area contributed by atoms with Crippen LogP contribution in [0.25, 0.3) is 6.08 Å². The molecule has 1 aliphatic heterocycles. The van der Waals surface area contributed by atoms with Gasteiger partial charge in [0, 0.05) is 26.1 Å². The molecule has 156 valence electrons. The number of cyclic esters (lactones) is 1. The first kappa shape index (κ1) is 22.1. The van der Waals surface area contributed by atoms with E-state index in [1.165, 1.54) is 11.0 Å². The Labute approximate surface area is 168 Å². The number of hydrogen-bond donors (Lipinski definition) is 2. The standard InChI is InChI=1S/C21H25FN2O5/c1-12(6-8-17(25)26)5-7-15-14(9-10-22)13(2)16-11-29-20(27)18(16)19(15)23-21(28)24(3)4/h5,9-10H,6-8,11H2,1-4H3,(H,23,28)(H,25,26). The fraction of sp³-hybridized carbons (Fsp3) is 0.381. The van der Waals surface area contributed by atoms with Crippen LogP contribution >= 0.6 is 0 Å². The summed E-state index contributed by atoms with van der Waals surface area (Å²) in [5.41, 5.74) is 3.86. The summed E-state index contributed by atoms with van der Waals surface area (Å²) >= 11 is 0. The number of fused-ring (bicyclic) bond motifs is 1. The van der Waals surface area contributed by atoms with Crippen LogP contribution in [0.15, 0.2) is 18.0 Å². The van der Waals surface area contributed by atoms with Gasteiger partial charge in [-0.15, -0.1) is 0 Å². The van der Waals surface area contributed by atoms with Gasteiger partial charge in [-0.25, -0.2) is 14.0 Å². The van der Waals surface area contributed by atoms with Crippen molar-refractivity contribution in [2.75, 3.05) is 19.4 Å². The summed E-state index contributed by atoms with van der Waals surface area (Å²) in [5.74, 6) is -1.44. The van der Waals surface area contributed by atoms with Gasteiger partial charge < -0.3 is 20.1 Å². The van der Waals surface area contributed by atoms with E-state index in [-0.39, 0.29) is 25.0 Å². The molecule has 0 saturated heterocycles. The average Bonchev–Trinajstić information content (AvgIpc) is 3.04. The summed E-state index contributed by atoms with van der Waals surface area (Å²) in [7, 11) is 3.14. The number of rotatable bonds is 7. The number of carbonyl (C=O) groups is 3. The molecule has 0 atom stereocenters. The van der Waals surface area contributed by atoms with E-state index in [9.17, 15) is 18.8 Å². The molecule has 2 rings (SSSR count). The van der Waals surface area contributed by atoms with Crippen molar-refractivity contribution >= 4 is 29.7 Å². The number of benzene rings is 1. The highest BCUT2D eigenvalue weighted by Gasteiger charge is 2.31. The number of carboxylic acid groups (broad SMARTS) is 1. The Morgan fingerprint density at radius 2 is 2.00 bits per heavy atom. The maximum absolute atomic E-state index is 13.1. The van der Waals surface area contributed by atoms with Gasteiger partial charge in [0.25, 0.3) is 0 Å². The van der Waals surface area contributed by atoms with Crippen LogP contribution in [0.1, 0.15) is 52.4 Å². The zero-order chi connectivity index (χ0) is 21.7. The molecule has 0 radical (unpaired) electrons. The second kappa shape index (κ2) is 9.36. The summed E-state index contributed by atoms with van der Waals surface area (Å²) < 4.78 is 18.3. The molecule has 0 unspecified atom stereocenters. The van der Waals surface area contributed by atoms with Gasteiger partial charge in [0.05, 0.1) is 17.6 Å². The third kappa shape index (κ3) is 5.01. The highest BCUT2D eigenvalue weighted by molar-refractivity contribution is 6.05. The number of urea groups is 1. The molecule has 0 aromatic heterocycles. The molecular weight excluding hydrogens is 379 g/mol. The van der Waals surface area contributed by atoms with E-state index < -0.39 is 18.0 Å². The molecule has 0 aliphatic carbocycles. The van der Waals surface area contributed by atoms with Gasteiger partial charge in [0.1, 0.15) is 6.61 Å². The van der Waals surface area contributed by atoms with Crippen molar-refractivity contribution in [2.24, 2.45) is 0 Å². The van der Waals surface area contributed by atoms with Crippen molar-refractivity contribution < 1.29 is 28.6 Å². The van der Waals surface area contributed by atoms with Crippen LogP contribution in [0.5, 0.6) is 0 Å². The molecule has 2 amide bonds. The lowest BCUT2D eigenvalue weighted by Crippen LogP contribution is -2.29. The molecule has 0 spiro atoms. The van der Waals surface area contributed by atoms with Crippen LogP contribution in [0.3, 0.4) is 0 Å². The highest BCUT2D eigenvalue weighted by atomic mass is 19.1. The number of halogens is 1. The number of amides is 2. The van der Waals surface area contributed by atoms with E-state index in [0.717, 1.165) is 5.57 Å². The number of carboxylic acids is 1. The van der Waals surface area contributed by atoms with E-state index in [0.29, 0.717) is 40.7 Å². The quantitative estimate of drug-likeness (QED) is 0.528. The van der Waals surface area contributed by atoms with Gasteiger partial charge in [0.2, 0.25) is 0 Å². The van der Waals surface area contributed by atoms with Crippen molar-refractivity contribution in [3.05, 3.63) is 45.8 Å². The number of ether oxygens (including phenoxy) is 1. The second-order valence-electron chi connectivity index (χ2n) is 7.09. The zero-order valence-electron chi connectivity index (χ0n) is 17.0. The van der Waals surface area contributed by atoms with Gasteiger partial charge >= 0.3 is 18.0 Å². The van der Waals surface area contributed by atoms with Crippen molar-refractivity contribution in [3.63, 3.8) is 0 Å². The van der Waals surface area contributed by atoms with Gasteiger partial charge in [-0.05, 0) is 49.5 Å². The summed E-state index contributed by atoms with van der Waals surface area (Å²) in [4.78, 5) is 36.8. The molecule has 1 aliphatic rings. The first-order chi connectivity index (χ1) is 13.7. The minimum Gasteiger partial charge on any atom is -0.481 e. The second-order valence-corrected chi connectivity index (χ2v) is 7.09. The summed E-state index contributed by atoms with van der Waals surface area (Å²) in [6.07, 6.45) is 4.18. The van der Waals surface area contributed by atoms with E-state index in [1.54, 1.807) is 27.9 Å². The fourth-order valence-electron chi connectivity index (χ4n) is 3.17. The molecule has 1 heterocycles. The van der Waals surface area contributed by atoms with Gasteiger partial charge in [-0.2, -0.15) is 0 Å². The monoisotopic (exact) mass is 404 g/mol. The van der Waals surface area contributed by atoms with Crippen LogP contribution < -0.4 is 5.32 Å². The minimum absolute atomic E-state index is 0.000657. The first-order valence-electron chi connectivity index (χ1n) is 9.15. The van der Waals surface area contributed by atoms with Gasteiger partial charge in [-0.1, -0.05) is 11.6 Å². The largest absolute Gasteiger partial charge is 0.481 e. The summed E-state index contributed by atoms with van der Waals surface area (Å²) in [5, 5.41) is 11.6. The SMILES string of the molecule is CC(=CCc1c(C=CF)c(C)c2c(c1NC(=O)N(C)C)C(=O)OC2)CCC(=O)O. The van der Waals surface area contributed by atoms with Gasteiger partial charge in [-0.3, -0.25) is 4.79 Å². The van der Waals surface area contributed by atoms with Gasteiger partial charge in [0.15, 0.2) is 0 Å². The Kier molecular flexibility index (Phi) is 7.14. The molecule has 0 saturated carbocycles. The predicted molar refractivity (Wildman–Crippen MR) is 107 cm³/mol.